The first-order valence-electron chi connectivity index (χ1n) is 9.33. The number of rotatable bonds is 9. The minimum atomic E-state index is -0.370. The summed E-state index contributed by atoms with van der Waals surface area (Å²) in [7, 11) is 3.06. The topological polar surface area (TPSA) is 74.3 Å². The van der Waals surface area contributed by atoms with Crippen LogP contribution in [0.25, 0.3) is 6.08 Å². The summed E-state index contributed by atoms with van der Waals surface area (Å²) in [5.41, 5.74) is 0.695. The van der Waals surface area contributed by atoms with Crippen LogP contribution in [0.1, 0.15) is 5.56 Å². The molecule has 2 aromatic rings. The molecule has 1 saturated heterocycles. The number of thioether (sulfide) groups is 1. The van der Waals surface area contributed by atoms with E-state index in [1.54, 1.807) is 43.5 Å². The molecule has 0 aromatic heterocycles. The van der Waals surface area contributed by atoms with Crippen LogP contribution in [0.3, 0.4) is 0 Å². The van der Waals surface area contributed by atoms with Gasteiger partial charge < -0.3 is 18.9 Å². The van der Waals surface area contributed by atoms with Crippen molar-refractivity contribution < 1.29 is 28.5 Å². The zero-order valence-corrected chi connectivity index (χ0v) is 17.9. The zero-order chi connectivity index (χ0) is 22.2. The van der Waals surface area contributed by atoms with E-state index in [9.17, 15) is 9.59 Å². The van der Waals surface area contributed by atoms with Gasteiger partial charge in [-0.05, 0) is 47.7 Å². The molecule has 2 amide bonds. The average molecular weight is 439 g/mol. The maximum Gasteiger partial charge on any atom is 0.293 e. The standard InChI is InChI=1S/C23H21NO6S/c1-4-12-29-19-10-9-16(14-20(19)28-3)15-21-22(25)24(23(26)31-21)11-13-30-18-8-6-5-7-17(18)27-2/h1,5-10,14-15H,11-13H2,2-3H3/b21-15-. The Balaban J connectivity index is 1.67. The Bertz CT molecular complexity index is 1040. The summed E-state index contributed by atoms with van der Waals surface area (Å²) >= 11 is 0.882. The fourth-order valence-corrected chi connectivity index (χ4v) is 3.71. The van der Waals surface area contributed by atoms with E-state index in [0.29, 0.717) is 33.5 Å². The van der Waals surface area contributed by atoms with Crippen molar-refractivity contribution in [3.8, 4) is 35.3 Å². The number of imide groups is 1. The number of nitrogens with zero attached hydrogens (tertiary/aromatic N) is 1. The van der Waals surface area contributed by atoms with Gasteiger partial charge in [-0.15, -0.1) is 6.42 Å². The van der Waals surface area contributed by atoms with Crippen LogP contribution in [0, 0.1) is 12.3 Å². The molecule has 0 unspecified atom stereocenters. The number of hydrogen-bond donors (Lipinski definition) is 0. The monoisotopic (exact) mass is 439 g/mol. The Kier molecular flexibility index (Phi) is 7.46. The van der Waals surface area contributed by atoms with Crippen molar-refractivity contribution in [2.45, 2.75) is 0 Å². The summed E-state index contributed by atoms with van der Waals surface area (Å²) < 4.78 is 21.6. The van der Waals surface area contributed by atoms with Gasteiger partial charge in [-0.2, -0.15) is 0 Å². The Morgan fingerprint density at radius 2 is 1.71 bits per heavy atom. The largest absolute Gasteiger partial charge is 0.493 e. The van der Waals surface area contributed by atoms with Crippen molar-refractivity contribution in [3.05, 3.63) is 52.9 Å². The van der Waals surface area contributed by atoms with Crippen molar-refractivity contribution >= 4 is 29.0 Å². The fraction of sp³-hybridized carbons (Fsp3) is 0.217. The van der Waals surface area contributed by atoms with Crippen molar-refractivity contribution in [3.63, 3.8) is 0 Å². The molecule has 0 radical (unpaired) electrons. The summed E-state index contributed by atoms with van der Waals surface area (Å²) in [5, 5.41) is -0.346. The van der Waals surface area contributed by atoms with Gasteiger partial charge >= 0.3 is 0 Å². The zero-order valence-electron chi connectivity index (χ0n) is 17.1. The van der Waals surface area contributed by atoms with Crippen LogP contribution in [0.2, 0.25) is 0 Å². The molecule has 3 rings (SSSR count). The van der Waals surface area contributed by atoms with Crippen molar-refractivity contribution in [2.75, 3.05) is 34.0 Å². The number of ether oxygens (including phenoxy) is 4. The van der Waals surface area contributed by atoms with Crippen LogP contribution >= 0.6 is 11.8 Å². The molecule has 0 bridgehead atoms. The third kappa shape index (κ3) is 5.32. The summed E-state index contributed by atoms with van der Waals surface area (Å²) in [6.45, 7) is 0.397. The molecule has 2 aromatic carbocycles. The number of benzene rings is 2. The van der Waals surface area contributed by atoms with E-state index >= 15 is 0 Å². The lowest BCUT2D eigenvalue weighted by Gasteiger charge is -2.14. The van der Waals surface area contributed by atoms with Gasteiger partial charge in [-0.1, -0.05) is 24.1 Å². The van der Waals surface area contributed by atoms with Crippen LogP contribution in [0.15, 0.2) is 47.4 Å². The van der Waals surface area contributed by atoms with Gasteiger partial charge in [0.15, 0.2) is 23.0 Å². The van der Waals surface area contributed by atoms with E-state index in [2.05, 4.69) is 5.92 Å². The predicted molar refractivity (Wildman–Crippen MR) is 118 cm³/mol. The van der Waals surface area contributed by atoms with E-state index in [0.717, 1.165) is 16.7 Å². The number of carbonyl (C=O) groups is 2. The van der Waals surface area contributed by atoms with E-state index in [4.69, 9.17) is 25.4 Å². The molecular weight excluding hydrogens is 418 g/mol. The van der Waals surface area contributed by atoms with Crippen molar-refractivity contribution in [1.29, 1.82) is 0 Å². The third-order valence-corrected chi connectivity index (χ3v) is 5.22. The normalized spacial score (nSPS) is 14.5. The Labute approximate surface area is 184 Å². The number of para-hydroxylation sites is 2. The van der Waals surface area contributed by atoms with Crippen LogP contribution in [0.5, 0.6) is 23.0 Å². The molecule has 31 heavy (non-hydrogen) atoms. The highest BCUT2D eigenvalue weighted by atomic mass is 32.2. The molecule has 0 aliphatic carbocycles. The van der Waals surface area contributed by atoms with Crippen LogP contribution in [0.4, 0.5) is 4.79 Å². The second-order valence-electron chi connectivity index (χ2n) is 6.24. The average Bonchev–Trinajstić information content (AvgIpc) is 3.05. The fourth-order valence-electron chi connectivity index (χ4n) is 2.84. The molecule has 1 aliphatic rings. The number of hydrogen-bond acceptors (Lipinski definition) is 7. The minimum Gasteiger partial charge on any atom is -0.493 e. The first-order chi connectivity index (χ1) is 15.1. The lowest BCUT2D eigenvalue weighted by atomic mass is 10.2. The maximum atomic E-state index is 12.7. The van der Waals surface area contributed by atoms with E-state index in [1.807, 2.05) is 12.1 Å². The smallest absolute Gasteiger partial charge is 0.293 e. The van der Waals surface area contributed by atoms with Crippen LogP contribution < -0.4 is 18.9 Å². The van der Waals surface area contributed by atoms with E-state index < -0.39 is 0 Å². The summed E-state index contributed by atoms with van der Waals surface area (Å²) in [4.78, 5) is 26.5. The highest BCUT2D eigenvalue weighted by Gasteiger charge is 2.34. The second-order valence-corrected chi connectivity index (χ2v) is 7.23. The second kappa shape index (κ2) is 10.5. The van der Waals surface area contributed by atoms with Gasteiger partial charge in [0, 0.05) is 0 Å². The van der Waals surface area contributed by atoms with Gasteiger partial charge in [0.25, 0.3) is 11.1 Å². The molecule has 0 saturated carbocycles. The third-order valence-electron chi connectivity index (χ3n) is 4.31. The summed E-state index contributed by atoms with van der Waals surface area (Å²) in [6.07, 6.45) is 6.85. The van der Waals surface area contributed by atoms with Crippen LogP contribution in [-0.2, 0) is 4.79 Å². The molecule has 1 aliphatic heterocycles. The van der Waals surface area contributed by atoms with Gasteiger partial charge in [0.1, 0.15) is 13.2 Å². The van der Waals surface area contributed by atoms with Crippen molar-refractivity contribution in [2.24, 2.45) is 0 Å². The molecule has 1 fully saturated rings. The SMILES string of the molecule is C#CCOc1ccc(/C=C2\SC(=O)N(CCOc3ccccc3OC)C2=O)cc1OC. The molecule has 0 atom stereocenters. The molecule has 0 N–H and O–H groups in total. The molecule has 1 heterocycles. The first-order valence-corrected chi connectivity index (χ1v) is 10.1. The first kappa shape index (κ1) is 22.1. The molecule has 8 heteroatoms. The number of amides is 2. The van der Waals surface area contributed by atoms with Gasteiger partial charge in [0.2, 0.25) is 0 Å². The number of methoxy groups -OCH3 is 2. The summed E-state index contributed by atoms with van der Waals surface area (Å²) in [6, 6.07) is 12.4. The quantitative estimate of drug-likeness (QED) is 0.434. The Morgan fingerprint density at radius 3 is 2.42 bits per heavy atom. The highest BCUT2D eigenvalue weighted by Crippen LogP contribution is 2.34. The summed E-state index contributed by atoms with van der Waals surface area (Å²) in [5.74, 6) is 4.13. The minimum absolute atomic E-state index is 0.117. The number of carbonyl (C=O) groups excluding carboxylic acids is 2. The molecular formula is C23H21NO6S. The lowest BCUT2D eigenvalue weighted by Crippen LogP contribution is -2.32. The Morgan fingerprint density at radius 1 is 1.00 bits per heavy atom. The van der Waals surface area contributed by atoms with E-state index in [-0.39, 0.29) is 30.9 Å². The van der Waals surface area contributed by atoms with Gasteiger partial charge in [-0.25, -0.2) is 0 Å². The van der Waals surface area contributed by atoms with Crippen molar-refractivity contribution in [1.82, 2.24) is 4.90 Å². The Hall–Kier alpha value is -3.57. The number of terminal acetylenes is 1. The van der Waals surface area contributed by atoms with Gasteiger partial charge in [-0.3, -0.25) is 14.5 Å². The van der Waals surface area contributed by atoms with Crippen LogP contribution in [-0.4, -0.2) is 50.0 Å². The highest BCUT2D eigenvalue weighted by molar-refractivity contribution is 8.18. The molecule has 7 nitrogen and oxygen atoms in total. The molecule has 0 spiro atoms. The lowest BCUT2D eigenvalue weighted by molar-refractivity contribution is -0.123. The van der Waals surface area contributed by atoms with Gasteiger partial charge in [0.05, 0.1) is 25.7 Å². The van der Waals surface area contributed by atoms with E-state index in [1.165, 1.54) is 7.11 Å². The predicted octanol–water partition coefficient (Wildman–Crippen LogP) is 3.83. The molecule has 160 valence electrons. The maximum absolute atomic E-state index is 12.7.